The molecular weight excluding hydrogens is 270 g/mol. The van der Waals surface area contributed by atoms with Crippen LogP contribution in [0.5, 0.6) is 0 Å². The van der Waals surface area contributed by atoms with Crippen molar-refractivity contribution in [1.82, 2.24) is 14.5 Å². The van der Waals surface area contributed by atoms with Crippen molar-refractivity contribution in [1.29, 1.82) is 0 Å². The van der Waals surface area contributed by atoms with E-state index in [4.69, 9.17) is 5.11 Å². The minimum Gasteiger partial charge on any atom is -0.476 e. The monoisotopic (exact) mass is 287 g/mol. The van der Waals surface area contributed by atoms with Crippen LogP contribution in [0.2, 0.25) is 0 Å². The van der Waals surface area contributed by atoms with E-state index in [0.29, 0.717) is 12.5 Å². The zero-order valence-corrected chi connectivity index (χ0v) is 11.7. The minimum atomic E-state index is -3.81. The molecule has 0 aromatic carbocycles. The Morgan fingerprint density at radius 2 is 2.16 bits per heavy atom. The van der Waals surface area contributed by atoms with Gasteiger partial charge in [0.05, 0.1) is 5.69 Å². The number of carboxylic acid groups (broad SMARTS) is 1. The third-order valence-corrected chi connectivity index (χ3v) is 5.49. The van der Waals surface area contributed by atoms with Crippen LogP contribution in [-0.4, -0.2) is 47.6 Å². The van der Waals surface area contributed by atoms with E-state index in [1.807, 2.05) is 0 Å². The Hall–Kier alpha value is -1.41. The highest BCUT2D eigenvalue weighted by molar-refractivity contribution is 7.89. The van der Waals surface area contributed by atoms with Gasteiger partial charge < -0.3 is 5.11 Å². The standard InChI is InChI=1S/C11H17N3O4S/c1-7-10(9(11(15)16)13-12-7)19(17,18)14(2)6-8-4-3-5-8/h8H,3-6H2,1-2H3,(H,12,13)(H,15,16). The smallest absolute Gasteiger partial charge is 0.357 e. The molecule has 1 aromatic heterocycles. The zero-order valence-electron chi connectivity index (χ0n) is 10.9. The molecule has 19 heavy (non-hydrogen) atoms. The van der Waals surface area contributed by atoms with Crippen molar-refractivity contribution < 1.29 is 18.3 Å². The molecule has 0 radical (unpaired) electrons. The molecule has 1 heterocycles. The van der Waals surface area contributed by atoms with E-state index in [0.717, 1.165) is 19.3 Å². The van der Waals surface area contributed by atoms with Gasteiger partial charge in [-0.25, -0.2) is 17.5 Å². The maximum Gasteiger partial charge on any atom is 0.357 e. The first-order chi connectivity index (χ1) is 8.84. The fourth-order valence-electron chi connectivity index (χ4n) is 2.17. The lowest BCUT2D eigenvalue weighted by Gasteiger charge is -2.29. The van der Waals surface area contributed by atoms with Gasteiger partial charge in [0.15, 0.2) is 5.69 Å². The predicted octanol–water partition coefficient (Wildman–Crippen LogP) is 0.837. The number of H-pyrrole nitrogens is 1. The second-order valence-electron chi connectivity index (χ2n) is 4.91. The minimum absolute atomic E-state index is 0.234. The summed E-state index contributed by atoms with van der Waals surface area (Å²) in [5.74, 6) is -0.972. The van der Waals surface area contributed by atoms with Gasteiger partial charge in [0, 0.05) is 13.6 Å². The number of aromatic nitrogens is 2. The number of carbonyl (C=O) groups is 1. The lowest BCUT2D eigenvalue weighted by molar-refractivity contribution is 0.0686. The van der Waals surface area contributed by atoms with Gasteiger partial charge >= 0.3 is 5.97 Å². The first-order valence-electron chi connectivity index (χ1n) is 6.08. The molecule has 1 aliphatic carbocycles. The summed E-state index contributed by atoms with van der Waals surface area (Å²) in [6.45, 7) is 1.93. The average molecular weight is 287 g/mol. The third-order valence-electron chi connectivity index (χ3n) is 3.50. The Morgan fingerprint density at radius 3 is 2.63 bits per heavy atom. The van der Waals surface area contributed by atoms with Crippen molar-refractivity contribution in [3.8, 4) is 0 Å². The molecule has 1 fully saturated rings. The van der Waals surface area contributed by atoms with Crippen LogP contribution in [0.1, 0.15) is 35.4 Å². The van der Waals surface area contributed by atoms with Crippen molar-refractivity contribution >= 4 is 16.0 Å². The van der Waals surface area contributed by atoms with Crippen molar-refractivity contribution in [2.24, 2.45) is 5.92 Å². The Bertz CT molecular complexity index is 589. The zero-order chi connectivity index (χ0) is 14.2. The summed E-state index contributed by atoms with van der Waals surface area (Å²) >= 11 is 0. The second kappa shape index (κ2) is 4.93. The first-order valence-corrected chi connectivity index (χ1v) is 7.52. The van der Waals surface area contributed by atoms with Crippen LogP contribution in [0, 0.1) is 12.8 Å². The first kappa shape index (κ1) is 14.0. The number of carboxylic acids is 1. The van der Waals surface area contributed by atoms with Crippen molar-refractivity contribution in [3.05, 3.63) is 11.4 Å². The van der Waals surface area contributed by atoms with E-state index < -0.39 is 21.7 Å². The number of aromatic carboxylic acids is 1. The van der Waals surface area contributed by atoms with Crippen LogP contribution >= 0.6 is 0 Å². The summed E-state index contributed by atoms with van der Waals surface area (Å²) in [6, 6.07) is 0. The molecule has 0 saturated heterocycles. The fourth-order valence-corrected chi connectivity index (χ4v) is 3.70. The van der Waals surface area contributed by atoms with Gasteiger partial charge in [-0.3, -0.25) is 5.10 Å². The molecule has 2 N–H and O–H groups in total. The SMILES string of the molecule is Cc1[nH]nc(C(=O)O)c1S(=O)(=O)N(C)CC1CCC1. The van der Waals surface area contributed by atoms with Crippen molar-refractivity contribution in [2.75, 3.05) is 13.6 Å². The summed E-state index contributed by atoms with van der Waals surface area (Å²) in [5.41, 5.74) is -0.198. The highest BCUT2D eigenvalue weighted by atomic mass is 32.2. The highest BCUT2D eigenvalue weighted by Crippen LogP contribution is 2.29. The Kier molecular flexibility index (Phi) is 3.64. The molecule has 7 nitrogen and oxygen atoms in total. The fraction of sp³-hybridized carbons (Fsp3) is 0.636. The molecule has 1 aliphatic rings. The van der Waals surface area contributed by atoms with Gasteiger partial charge in [-0.15, -0.1) is 0 Å². The van der Waals surface area contributed by atoms with Gasteiger partial charge in [-0.2, -0.15) is 5.10 Å². The quantitative estimate of drug-likeness (QED) is 0.835. The van der Waals surface area contributed by atoms with E-state index in [2.05, 4.69) is 10.2 Å². The van der Waals surface area contributed by atoms with Gasteiger partial charge in [0.25, 0.3) is 0 Å². The normalized spacial score (nSPS) is 16.6. The van der Waals surface area contributed by atoms with Crippen LogP contribution < -0.4 is 0 Å². The number of nitrogens with zero attached hydrogens (tertiary/aromatic N) is 2. The average Bonchev–Trinajstić information content (AvgIpc) is 2.65. The number of sulfonamides is 1. The number of hydrogen-bond donors (Lipinski definition) is 2. The lowest BCUT2D eigenvalue weighted by atomic mass is 9.86. The van der Waals surface area contributed by atoms with Crippen LogP contribution in [0.15, 0.2) is 4.90 Å². The van der Waals surface area contributed by atoms with Gasteiger partial charge in [0.2, 0.25) is 10.0 Å². The molecule has 0 atom stereocenters. The highest BCUT2D eigenvalue weighted by Gasteiger charge is 2.33. The molecule has 0 unspecified atom stereocenters. The summed E-state index contributed by atoms with van der Waals surface area (Å²) in [4.78, 5) is 10.8. The van der Waals surface area contributed by atoms with Gasteiger partial charge in [-0.05, 0) is 25.7 Å². The second-order valence-corrected chi connectivity index (χ2v) is 6.90. The molecule has 0 spiro atoms. The van der Waals surface area contributed by atoms with Crippen LogP contribution in [0.4, 0.5) is 0 Å². The molecule has 0 bridgehead atoms. The molecule has 2 rings (SSSR count). The largest absolute Gasteiger partial charge is 0.476 e. The van der Waals surface area contributed by atoms with E-state index in [1.54, 1.807) is 0 Å². The molecular formula is C11H17N3O4S. The van der Waals surface area contributed by atoms with Crippen LogP contribution in [0.25, 0.3) is 0 Å². The summed E-state index contributed by atoms with van der Waals surface area (Å²) in [5, 5.41) is 15.0. The number of nitrogens with one attached hydrogen (secondary N) is 1. The third kappa shape index (κ3) is 2.50. The van der Waals surface area contributed by atoms with E-state index in [9.17, 15) is 13.2 Å². The van der Waals surface area contributed by atoms with Crippen molar-refractivity contribution in [3.63, 3.8) is 0 Å². The lowest BCUT2D eigenvalue weighted by Crippen LogP contribution is -2.35. The maximum atomic E-state index is 12.4. The maximum absolute atomic E-state index is 12.4. The van der Waals surface area contributed by atoms with Crippen LogP contribution in [0.3, 0.4) is 0 Å². The molecule has 8 heteroatoms. The number of rotatable bonds is 5. The Labute approximate surface area is 111 Å². The van der Waals surface area contributed by atoms with Gasteiger partial charge in [0.1, 0.15) is 4.90 Å². The topological polar surface area (TPSA) is 103 Å². The van der Waals surface area contributed by atoms with E-state index in [1.165, 1.54) is 18.3 Å². The Morgan fingerprint density at radius 1 is 1.53 bits per heavy atom. The van der Waals surface area contributed by atoms with E-state index >= 15 is 0 Å². The summed E-state index contributed by atoms with van der Waals surface area (Å²) in [6.07, 6.45) is 3.18. The predicted molar refractivity (Wildman–Crippen MR) is 67.4 cm³/mol. The number of hydrogen-bond acceptors (Lipinski definition) is 4. The van der Waals surface area contributed by atoms with Crippen LogP contribution in [-0.2, 0) is 10.0 Å². The van der Waals surface area contributed by atoms with Gasteiger partial charge in [-0.1, -0.05) is 6.42 Å². The molecule has 1 aromatic rings. The molecule has 0 amide bonds. The van der Waals surface area contributed by atoms with Crippen molar-refractivity contribution in [2.45, 2.75) is 31.1 Å². The molecule has 106 valence electrons. The number of aromatic amines is 1. The molecule has 1 saturated carbocycles. The number of aryl methyl sites for hydroxylation is 1. The molecule has 0 aliphatic heterocycles. The summed E-state index contributed by atoms with van der Waals surface area (Å²) < 4.78 is 26.1. The van der Waals surface area contributed by atoms with E-state index in [-0.39, 0.29) is 10.6 Å². The Balaban J connectivity index is 2.32. The summed E-state index contributed by atoms with van der Waals surface area (Å²) in [7, 11) is -2.34.